The van der Waals surface area contributed by atoms with Crippen molar-refractivity contribution in [2.75, 3.05) is 18.0 Å². The highest BCUT2D eigenvalue weighted by molar-refractivity contribution is 7.72. The molecule has 0 N–H and O–H groups in total. The SMILES string of the molecule is CCN(CC)c1ccc(N=Nc2ccc([SH](=O)=O)cc2)cc1. The summed E-state index contributed by atoms with van der Waals surface area (Å²) in [6.07, 6.45) is 0. The van der Waals surface area contributed by atoms with E-state index < -0.39 is 10.7 Å². The van der Waals surface area contributed by atoms with Gasteiger partial charge in [0, 0.05) is 18.8 Å². The molecule has 0 saturated carbocycles. The number of thiol groups is 1. The van der Waals surface area contributed by atoms with Crippen LogP contribution in [0.25, 0.3) is 0 Å². The second kappa shape index (κ2) is 7.70. The summed E-state index contributed by atoms with van der Waals surface area (Å²) in [6.45, 7) is 6.17. The topological polar surface area (TPSA) is 62.1 Å². The van der Waals surface area contributed by atoms with E-state index in [9.17, 15) is 8.42 Å². The van der Waals surface area contributed by atoms with Crippen LogP contribution in [0.2, 0.25) is 0 Å². The molecule has 0 saturated heterocycles. The monoisotopic (exact) mass is 317 g/mol. The Morgan fingerprint density at radius 1 is 0.818 bits per heavy atom. The molecule has 0 aliphatic rings. The second-order valence-corrected chi connectivity index (χ2v) is 5.69. The molecule has 0 atom stereocenters. The summed E-state index contributed by atoms with van der Waals surface area (Å²) in [5, 5.41) is 8.26. The zero-order chi connectivity index (χ0) is 15.9. The van der Waals surface area contributed by atoms with Crippen molar-refractivity contribution >= 4 is 27.8 Å². The van der Waals surface area contributed by atoms with Crippen molar-refractivity contribution in [1.29, 1.82) is 0 Å². The summed E-state index contributed by atoms with van der Waals surface area (Å²) in [4.78, 5) is 2.53. The van der Waals surface area contributed by atoms with Gasteiger partial charge in [0.05, 0.1) is 16.3 Å². The molecule has 0 fully saturated rings. The largest absolute Gasteiger partial charge is 0.372 e. The zero-order valence-corrected chi connectivity index (χ0v) is 13.5. The van der Waals surface area contributed by atoms with Gasteiger partial charge in [-0.25, -0.2) is 8.42 Å². The van der Waals surface area contributed by atoms with Crippen LogP contribution < -0.4 is 4.90 Å². The number of anilines is 1. The third kappa shape index (κ3) is 4.14. The first-order valence-corrected chi connectivity index (χ1v) is 8.33. The molecule has 5 nitrogen and oxygen atoms in total. The first-order valence-electron chi connectivity index (χ1n) is 7.15. The standard InChI is InChI=1S/C16H19N3O2S/c1-3-19(4-2)15-9-5-13(6-10-15)17-18-14-7-11-16(12-8-14)22(20)21/h5-12,22H,3-4H2,1-2H3. The average Bonchev–Trinajstić information content (AvgIpc) is 2.55. The first-order chi connectivity index (χ1) is 10.6. The molecule has 116 valence electrons. The molecule has 22 heavy (non-hydrogen) atoms. The molecule has 0 bridgehead atoms. The van der Waals surface area contributed by atoms with Crippen molar-refractivity contribution in [2.45, 2.75) is 18.7 Å². The first kappa shape index (κ1) is 16.2. The predicted molar refractivity (Wildman–Crippen MR) is 89.2 cm³/mol. The fraction of sp³-hybridized carbons (Fsp3) is 0.250. The fourth-order valence-electron chi connectivity index (χ4n) is 2.08. The van der Waals surface area contributed by atoms with Gasteiger partial charge in [0.1, 0.15) is 0 Å². The highest BCUT2D eigenvalue weighted by Gasteiger charge is 2.01. The van der Waals surface area contributed by atoms with Crippen LogP contribution in [-0.2, 0) is 10.7 Å². The van der Waals surface area contributed by atoms with E-state index in [2.05, 4.69) is 29.0 Å². The molecule has 0 aromatic heterocycles. The van der Waals surface area contributed by atoms with Crippen LogP contribution in [0.3, 0.4) is 0 Å². The van der Waals surface area contributed by atoms with Gasteiger partial charge in [0.2, 0.25) is 0 Å². The Hall–Kier alpha value is -2.21. The van der Waals surface area contributed by atoms with Crippen molar-refractivity contribution < 1.29 is 8.42 Å². The second-order valence-electron chi connectivity index (χ2n) is 4.66. The maximum Gasteiger partial charge on any atom is 0.168 e. The van der Waals surface area contributed by atoms with Crippen LogP contribution in [0.1, 0.15) is 13.8 Å². The Morgan fingerprint density at radius 2 is 1.27 bits per heavy atom. The highest BCUT2D eigenvalue weighted by atomic mass is 32.2. The van der Waals surface area contributed by atoms with E-state index in [4.69, 9.17) is 0 Å². The van der Waals surface area contributed by atoms with E-state index in [0.29, 0.717) is 5.69 Å². The summed E-state index contributed by atoms with van der Waals surface area (Å²) < 4.78 is 21.6. The number of benzene rings is 2. The summed E-state index contributed by atoms with van der Waals surface area (Å²) in [5.41, 5.74) is 2.54. The molecule has 2 rings (SSSR count). The van der Waals surface area contributed by atoms with E-state index in [1.54, 1.807) is 12.1 Å². The van der Waals surface area contributed by atoms with Gasteiger partial charge in [-0.1, -0.05) is 0 Å². The van der Waals surface area contributed by atoms with Crippen LogP contribution in [0, 0.1) is 0 Å². The van der Waals surface area contributed by atoms with Gasteiger partial charge in [-0.15, -0.1) is 0 Å². The smallest absolute Gasteiger partial charge is 0.168 e. The summed E-state index contributed by atoms with van der Waals surface area (Å²) >= 11 is 0. The van der Waals surface area contributed by atoms with E-state index in [-0.39, 0.29) is 4.90 Å². The number of azo groups is 1. The molecule has 0 heterocycles. The van der Waals surface area contributed by atoms with Gasteiger partial charge < -0.3 is 4.90 Å². The van der Waals surface area contributed by atoms with Gasteiger partial charge in [0.25, 0.3) is 0 Å². The third-order valence-corrected chi connectivity index (χ3v) is 4.04. The van der Waals surface area contributed by atoms with Crippen molar-refractivity contribution in [3.63, 3.8) is 0 Å². The van der Waals surface area contributed by atoms with Gasteiger partial charge in [-0.2, -0.15) is 10.2 Å². The lowest BCUT2D eigenvalue weighted by Crippen LogP contribution is -2.21. The maximum absolute atomic E-state index is 10.8. The molecule has 0 aliphatic carbocycles. The maximum atomic E-state index is 10.8. The molecule has 0 amide bonds. The number of hydrogen-bond donors (Lipinski definition) is 1. The molecule has 2 aromatic carbocycles. The van der Waals surface area contributed by atoms with Crippen molar-refractivity contribution in [3.8, 4) is 0 Å². The number of rotatable bonds is 6. The minimum Gasteiger partial charge on any atom is -0.372 e. The molecule has 0 radical (unpaired) electrons. The lowest BCUT2D eigenvalue weighted by atomic mass is 10.2. The molecule has 0 aliphatic heterocycles. The lowest BCUT2D eigenvalue weighted by molar-refractivity contribution is 0.614. The minimum absolute atomic E-state index is 0.275. The van der Waals surface area contributed by atoms with Crippen LogP contribution >= 0.6 is 0 Å². The van der Waals surface area contributed by atoms with Crippen molar-refractivity contribution in [1.82, 2.24) is 0 Å². The molecular weight excluding hydrogens is 298 g/mol. The Morgan fingerprint density at radius 3 is 1.68 bits per heavy atom. The quantitative estimate of drug-likeness (QED) is 0.649. The number of hydrogen-bond acceptors (Lipinski definition) is 5. The predicted octanol–water partition coefficient (Wildman–Crippen LogP) is 3.92. The Labute approximate surface area is 132 Å². The highest BCUT2D eigenvalue weighted by Crippen LogP contribution is 2.22. The van der Waals surface area contributed by atoms with E-state index >= 15 is 0 Å². The van der Waals surface area contributed by atoms with Crippen molar-refractivity contribution in [2.24, 2.45) is 10.2 Å². The van der Waals surface area contributed by atoms with E-state index in [1.165, 1.54) is 12.1 Å². The van der Waals surface area contributed by atoms with Crippen LogP contribution in [0.5, 0.6) is 0 Å². The number of nitrogens with zero attached hydrogens (tertiary/aromatic N) is 3. The molecular formula is C16H19N3O2S. The van der Waals surface area contributed by atoms with Crippen LogP contribution in [-0.4, -0.2) is 21.5 Å². The minimum atomic E-state index is -2.55. The van der Waals surface area contributed by atoms with Crippen LogP contribution in [0.4, 0.5) is 17.1 Å². The Kier molecular flexibility index (Phi) is 5.66. The van der Waals surface area contributed by atoms with Crippen LogP contribution in [0.15, 0.2) is 63.7 Å². The normalized spacial score (nSPS) is 11.2. The van der Waals surface area contributed by atoms with E-state index in [1.807, 2.05) is 24.3 Å². The molecule has 0 spiro atoms. The summed E-state index contributed by atoms with van der Waals surface area (Å²) in [7, 11) is -2.55. The Balaban J connectivity index is 2.09. The van der Waals surface area contributed by atoms with Gasteiger partial charge in [-0.3, -0.25) is 0 Å². The van der Waals surface area contributed by atoms with Crippen molar-refractivity contribution in [3.05, 3.63) is 48.5 Å². The lowest BCUT2D eigenvalue weighted by Gasteiger charge is -2.20. The van der Waals surface area contributed by atoms with Gasteiger partial charge in [-0.05, 0) is 62.4 Å². The van der Waals surface area contributed by atoms with Gasteiger partial charge >= 0.3 is 0 Å². The fourth-order valence-corrected chi connectivity index (χ4v) is 2.47. The third-order valence-electron chi connectivity index (χ3n) is 3.32. The average molecular weight is 317 g/mol. The molecule has 6 heteroatoms. The summed E-state index contributed by atoms with van der Waals surface area (Å²) in [6, 6.07) is 14.2. The zero-order valence-electron chi connectivity index (χ0n) is 12.6. The molecule has 0 unspecified atom stereocenters. The Bertz CT molecular complexity index is 695. The molecule has 2 aromatic rings. The van der Waals surface area contributed by atoms with E-state index in [0.717, 1.165) is 24.5 Å². The summed E-state index contributed by atoms with van der Waals surface area (Å²) in [5.74, 6) is 0. The van der Waals surface area contributed by atoms with Gasteiger partial charge in [0.15, 0.2) is 10.7 Å².